The Morgan fingerprint density at radius 2 is 1.93 bits per heavy atom. The molecule has 0 radical (unpaired) electrons. The number of aromatic nitrogens is 2. The third kappa shape index (κ3) is 4.22. The van der Waals surface area contributed by atoms with Crippen molar-refractivity contribution in [3.63, 3.8) is 0 Å². The Hall–Kier alpha value is -2.22. The van der Waals surface area contributed by atoms with Crippen molar-refractivity contribution in [2.75, 3.05) is 0 Å². The molecule has 1 aliphatic carbocycles. The molecule has 3 aromatic rings. The van der Waals surface area contributed by atoms with Crippen molar-refractivity contribution >= 4 is 21.6 Å². The van der Waals surface area contributed by atoms with Crippen molar-refractivity contribution in [1.82, 2.24) is 13.9 Å². The van der Waals surface area contributed by atoms with Crippen LogP contribution in [0.5, 0.6) is 0 Å². The van der Waals surface area contributed by atoms with Crippen LogP contribution in [0.3, 0.4) is 0 Å². The monoisotopic (exact) mass is 433 g/mol. The Morgan fingerprint density at radius 3 is 2.59 bits per heavy atom. The molecule has 4 rings (SSSR count). The van der Waals surface area contributed by atoms with Crippen molar-refractivity contribution in [3.05, 3.63) is 82.6 Å². The van der Waals surface area contributed by atoms with E-state index in [9.17, 15) is 12.8 Å². The zero-order valence-electron chi connectivity index (χ0n) is 15.9. The Kier molecular flexibility index (Phi) is 5.46. The minimum atomic E-state index is -3.66. The normalized spacial score (nSPS) is 14.5. The molecule has 1 aliphatic rings. The smallest absolute Gasteiger partial charge is 0.243 e. The van der Waals surface area contributed by atoms with Crippen LogP contribution in [-0.4, -0.2) is 28.3 Å². The van der Waals surface area contributed by atoms with Crippen molar-refractivity contribution < 1.29 is 12.8 Å². The predicted octanol–water partition coefficient (Wildman–Crippen LogP) is 4.39. The molecule has 1 aromatic heterocycles. The number of hydrogen-bond acceptors (Lipinski definition) is 3. The minimum Gasteiger partial charge on any atom is -0.329 e. The molecule has 152 valence electrons. The molecule has 29 heavy (non-hydrogen) atoms. The lowest BCUT2D eigenvalue weighted by Gasteiger charge is -2.22. The number of halogens is 2. The van der Waals surface area contributed by atoms with E-state index in [1.807, 2.05) is 6.92 Å². The molecule has 5 nitrogen and oxygen atoms in total. The van der Waals surface area contributed by atoms with E-state index in [1.165, 1.54) is 10.4 Å². The molecule has 0 saturated heterocycles. The van der Waals surface area contributed by atoms with Crippen LogP contribution < -0.4 is 0 Å². The van der Waals surface area contributed by atoms with E-state index in [1.54, 1.807) is 53.4 Å². The summed E-state index contributed by atoms with van der Waals surface area (Å²) in [4.78, 5) is 4.60. The van der Waals surface area contributed by atoms with E-state index in [2.05, 4.69) is 4.98 Å². The van der Waals surface area contributed by atoms with Gasteiger partial charge in [0.2, 0.25) is 10.0 Å². The molecule has 0 aliphatic heterocycles. The molecule has 0 N–H and O–H groups in total. The number of imidazole rings is 1. The first-order valence-corrected chi connectivity index (χ1v) is 11.2. The Morgan fingerprint density at radius 1 is 1.21 bits per heavy atom. The molecule has 0 spiro atoms. The maximum absolute atomic E-state index is 14.2. The molecular weight excluding hydrogens is 413 g/mol. The van der Waals surface area contributed by atoms with Crippen molar-refractivity contribution in [2.24, 2.45) is 0 Å². The minimum absolute atomic E-state index is 0.0384. The van der Waals surface area contributed by atoms with Gasteiger partial charge in [-0.05, 0) is 44.0 Å². The van der Waals surface area contributed by atoms with Gasteiger partial charge in [0.05, 0.1) is 18.0 Å². The van der Waals surface area contributed by atoms with Crippen LogP contribution in [0.4, 0.5) is 4.39 Å². The first kappa shape index (κ1) is 20.1. The Bertz CT molecular complexity index is 1100. The van der Waals surface area contributed by atoms with Crippen molar-refractivity contribution in [3.8, 4) is 0 Å². The fraction of sp³-hybridized carbons (Fsp3) is 0.286. The molecule has 1 fully saturated rings. The van der Waals surface area contributed by atoms with E-state index in [4.69, 9.17) is 11.6 Å². The Balaban J connectivity index is 1.63. The highest BCUT2D eigenvalue weighted by Gasteiger charge is 2.38. The zero-order chi connectivity index (χ0) is 20.6. The molecule has 1 heterocycles. The first-order chi connectivity index (χ1) is 13.9. The third-order valence-electron chi connectivity index (χ3n) is 5.07. The fourth-order valence-corrected chi connectivity index (χ4v) is 5.11. The second-order valence-electron chi connectivity index (χ2n) is 7.27. The number of nitrogens with zero attached hydrogens (tertiary/aromatic N) is 3. The van der Waals surface area contributed by atoms with Crippen LogP contribution in [0, 0.1) is 12.7 Å². The zero-order valence-corrected chi connectivity index (χ0v) is 17.5. The van der Waals surface area contributed by atoms with Gasteiger partial charge in [-0.25, -0.2) is 17.8 Å². The van der Waals surface area contributed by atoms with Crippen LogP contribution >= 0.6 is 11.6 Å². The summed E-state index contributed by atoms with van der Waals surface area (Å²) in [5.74, 6) is 0.149. The van der Waals surface area contributed by atoms with Gasteiger partial charge in [-0.1, -0.05) is 35.4 Å². The second kappa shape index (κ2) is 7.89. The standard InChI is InChI=1S/C21H21ClFN3O2S/c1-15-5-9-17(10-6-15)29(27,28)26(16-7-8-16)14-21-24-11-12-25(21)13-18-19(22)3-2-4-20(18)23/h2-6,9-12,16H,7-8,13-14H2,1H3. The van der Waals surface area contributed by atoms with E-state index in [0.717, 1.165) is 18.4 Å². The maximum Gasteiger partial charge on any atom is 0.243 e. The van der Waals surface area contributed by atoms with Crippen LogP contribution in [0.1, 0.15) is 29.8 Å². The van der Waals surface area contributed by atoms with Gasteiger partial charge in [-0.15, -0.1) is 0 Å². The lowest BCUT2D eigenvalue weighted by Crippen LogP contribution is -2.33. The molecule has 0 atom stereocenters. The molecular formula is C21H21ClFN3O2S. The number of rotatable bonds is 7. The van der Waals surface area contributed by atoms with E-state index >= 15 is 0 Å². The fourth-order valence-electron chi connectivity index (χ4n) is 3.25. The molecule has 2 aromatic carbocycles. The molecule has 0 amide bonds. The summed E-state index contributed by atoms with van der Waals surface area (Å²) >= 11 is 6.15. The molecule has 0 bridgehead atoms. The van der Waals surface area contributed by atoms with Crippen LogP contribution in [0.2, 0.25) is 5.02 Å². The van der Waals surface area contributed by atoms with Crippen molar-refractivity contribution in [2.45, 2.75) is 43.8 Å². The highest BCUT2D eigenvalue weighted by atomic mass is 35.5. The lowest BCUT2D eigenvalue weighted by molar-refractivity contribution is 0.383. The van der Waals surface area contributed by atoms with Gasteiger partial charge in [0.15, 0.2) is 0 Å². The van der Waals surface area contributed by atoms with E-state index in [-0.39, 0.29) is 24.0 Å². The molecule has 0 unspecified atom stereocenters. The first-order valence-electron chi connectivity index (χ1n) is 9.37. The lowest BCUT2D eigenvalue weighted by atomic mass is 10.2. The van der Waals surface area contributed by atoms with Crippen LogP contribution in [0.25, 0.3) is 0 Å². The number of hydrogen-bond donors (Lipinski definition) is 0. The summed E-state index contributed by atoms with van der Waals surface area (Å²) in [6.45, 7) is 2.23. The summed E-state index contributed by atoms with van der Waals surface area (Å²) < 4.78 is 43.9. The predicted molar refractivity (Wildman–Crippen MR) is 110 cm³/mol. The topological polar surface area (TPSA) is 55.2 Å². The average Bonchev–Trinajstić information content (AvgIpc) is 3.42. The quantitative estimate of drug-likeness (QED) is 0.555. The highest BCUT2D eigenvalue weighted by Crippen LogP contribution is 2.33. The largest absolute Gasteiger partial charge is 0.329 e. The van der Waals surface area contributed by atoms with Gasteiger partial charge in [-0.3, -0.25) is 0 Å². The average molecular weight is 434 g/mol. The second-order valence-corrected chi connectivity index (χ2v) is 9.56. The van der Waals surface area contributed by atoms with Gasteiger partial charge in [0.1, 0.15) is 11.6 Å². The van der Waals surface area contributed by atoms with Gasteiger partial charge in [0.25, 0.3) is 0 Å². The van der Waals surface area contributed by atoms with Crippen LogP contribution in [0.15, 0.2) is 59.8 Å². The summed E-state index contributed by atoms with van der Waals surface area (Å²) in [7, 11) is -3.66. The maximum atomic E-state index is 14.2. The summed E-state index contributed by atoms with van der Waals surface area (Å²) in [5.41, 5.74) is 1.35. The Labute approximate surface area is 174 Å². The highest BCUT2D eigenvalue weighted by molar-refractivity contribution is 7.89. The molecule has 1 saturated carbocycles. The number of sulfonamides is 1. The summed E-state index contributed by atoms with van der Waals surface area (Å²) in [6.07, 6.45) is 4.95. The van der Waals surface area contributed by atoms with Crippen LogP contribution in [-0.2, 0) is 23.1 Å². The SMILES string of the molecule is Cc1ccc(S(=O)(=O)N(Cc2nccn2Cc2c(F)cccc2Cl)C2CC2)cc1. The van der Waals surface area contributed by atoms with Gasteiger partial charge in [-0.2, -0.15) is 4.31 Å². The van der Waals surface area contributed by atoms with Gasteiger partial charge in [0, 0.05) is 29.0 Å². The third-order valence-corrected chi connectivity index (χ3v) is 7.34. The molecule has 8 heteroatoms. The van der Waals surface area contributed by atoms with E-state index < -0.39 is 15.8 Å². The number of benzene rings is 2. The summed E-state index contributed by atoms with van der Waals surface area (Å²) in [6, 6.07) is 11.3. The van der Waals surface area contributed by atoms with Gasteiger partial charge < -0.3 is 4.57 Å². The van der Waals surface area contributed by atoms with E-state index in [0.29, 0.717) is 16.4 Å². The van der Waals surface area contributed by atoms with Gasteiger partial charge >= 0.3 is 0 Å². The number of aryl methyl sites for hydroxylation is 1. The van der Waals surface area contributed by atoms with Crippen molar-refractivity contribution in [1.29, 1.82) is 0 Å². The summed E-state index contributed by atoms with van der Waals surface area (Å²) in [5, 5.41) is 0.330.